The molecule has 0 saturated heterocycles. The lowest BCUT2D eigenvalue weighted by atomic mass is 9.99. The zero-order valence-electron chi connectivity index (χ0n) is 13.6. The molecule has 3 rings (SSSR count). The van der Waals surface area contributed by atoms with Crippen molar-refractivity contribution in [2.45, 2.75) is 25.9 Å². The van der Waals surface area contributed by atoms with Crippen LogP contribution in [0.4, 0.5) is 4.39 Å². The number of carbonyl (C=O) groups excluding carboxylic acids is 1. The average molecular weight is 391 g/mol. The minimum Gasteiger partial charge on any atom is -0.350 e. The van der Waals surface area contributed by atoms with Crippen LogP contribution < -0.4 is 5.32 Å². The Kier molecular flexibility index (Phi) is 5.31. The number of halogens is 2. The van der Waals surface area contributed by atoms with E-state index in [0.717, 1.165) is 19.5 Å². The van der Waals surface area contributed by atoms with Gasteiger partial charge in [-0.25, -0.2) is 4.39 Å². The van der Waals surface area contributed by atoms with Gasteiger partial charge in [0.05, 0.1) is 5.56 Å². The first kappa shape index (κ1) is 17.1. The van der Waals surface area contributed by atoms with Crippen molar-refractivity contribution in [2.75, 3.05) is 13.1 Å². The van der Waals surface area contributed by atoms with Crippen LogP contribution in [0.15, 0.2) is 46.9 Å². The monoisotopic (exact) mass is 390 g/mol. The predicted molar refractivity (Wildman–Crippen MR) is 96.5 cm³/mol. The van der Waals surface area contributed by atoms with Gasteiger partial charge in [-0.1, -0.05) is 40.2 Å². The molecule has 1 atom stereocenters. The quantitative estimate of drug-likeness (QED) is 0.861. The molecule has 3 nitrogen and oxygen atoms in total. The Labute approximate surface area is 150 Å². The molecule has 1 aliphatic rings. The van der Waals surface area contributed by atoms with Gasteiger partial charge < -0.3 is 5.32 Å². The van der Waals surface area contributed by atoms with Crippen LogP contribution >= 0.6 is 15.9 Å². The van der Waals surface area contributed by atoms with Crippen LogP contribution in [0.3, 0.4) is 0 Å². The summed E-state index contributed by atoms with van der Waals surface area (Å²) in [6.45, 7) is 4.44. The van der Waals surface area contributed by atoms with Crippen molar-refractivity contribution < 1.29 is 9.18 Å². The molecule has 0 saturated carbocycles. The summed E-state index contributed by atoms with van der Waals surface area (Å²) in [7, 11) is 0. The number of rotatable bonds is 4. The van der Waals surface area contributed by atoms with Crippen LogP contribution in [-0.2, 0) is 13.0 Å². The van der Waals surface area contributed by atoms with Gasteiger partial charge in [-0.05, 0) is 42.7 Å². The fourth-order valence-electron chi connectivity index (χ4n) is 3.03. The van der Waals surface area contributed by atoms with Crippen molar-refractivity contribution in [1.29, 1.82) is 0 Å². The van der Waals surface area contributed by atoms with Gasteiger partial charge in [0.25, 0.3) is 5.91 Å². The standard InChI is InChI=1S/C19H20BrFN2O/c1-13(23-9-8-14-4-2-3-5-15(14)12-23)11-22-19(24)17-10-16(20)6-7-18(17)21/h2-7,10,13H,8-9,11-12H2,1H3,(H,22,24)/t13-/m0/s1. The topological polar surface area (TPSA) is 32.3 Å². The van der Waals surface area contributed by atoms with E-state index in [1.54, 1.807) is 6.07 Å². The second-order valence-corrected chi connectivity index (χ2v) is 7.09. The van der Waals surface area contributed by atoms with Gasteiger partial charge in [0, 0.05) is 30.1 Å². The summed E-state index contributed by atoms with van der Waals surface area (Å²) in [5.41, 5.74) is 2.82. The molecule has 0 aromatic heterocycles. The first-order valence-electron chi connectivity index (χ1n) is 8.08. The van der Waals surface area contributed by atoms with Gasteiger partial charge in [0.15, 0.2) is 0 Å². The summed E-state index contributed by atoms with van der Waals surface area (Å²) in [5, 5.41) is 2.85. The molecular weight excluding hydrogens is 371 g/mol. The Bertz CT molecular complexity index is 750. The van der Waals surface area contributed by atoms with Gasteiger partial charge in [0.1, 0.15) is 5.82 Å². The van der Waals surface area contributed by atoms with Crippen LogP contribution in [0.2, 0.25) is 0 Å². The second-order valence-electron chi connectivity index (χ2n) is 6.17. The highest BCUT2D eigenvalue weighted by molar-refractivity contribution is 9.10. The molecular formula is C19H20BrFN2O. The second kappa shape index (κ2) is 7.45. The Morgan fingerprint density at radius 2 is 2.04 bits per heavy atom. The predicted octanol–water partition coefficient (Wildman–Crippen LogP) is 3.76. The maximum absolute atomic E-state index is 13.8. The molecule has 2 aromatic rings. The minimum atomic E-state index is -0.504. The zero-order valence-corrected chi connectivity index (χ0v) is 15.1. The third-order valence-corrected chi connectivity index (χ3v) is 5.01. The van der Waals surface area contributed by atoms with Gasteiger partial charge in [-0.15, -0.1) is 0 Å². The van der Waals surface area contributed by atoms with E-state index in [1.165, 1.54) is 23.3 Å². The molecule has 0 aliphatic carbocycles. The first-order valence-corrected chi connectivity index (χ1v) is 8.88. The number of fused-ring (bicyclic) bond motifs is 1. The summed E-state index contributed by atoms with van der Waals surface area (Å²) in [6.07, 6.45) is 1.02. The van der Waals surface area contributed by atoms with Crippen molar-refractivity contribution in [3.8, 4) is 0 Å². The molecule has 0 unspecified atom stereocenters. The summed E-state index contributed by atoms with van der Waals surface area (Å²) in [4.78, 5) is 14.6. The maximum Gasteiger partial charge on any atom is 0.254 e. The Morgan fingerprint density at radius 3 is 2.83 bits per heavy atom. The highest BCUT2D eigenvalue weighted by Crippen LogP contribution is 2.20. The SMILES string of the molecule is C[C@@H](CNC(=O)c1cc(Br)ccc1F)N1CCc2ccccc2C1. The fourth-order valence-corrected chi connectivity index (χ4v) is 3.39. The van der Waals surface area contributed by atoms with Crippen LogP contribution in [-0.4, -0.2) is 29.9 Å². The molecule has 1 N–H and O–H groups in total. The molecule has 0 bridgehead atoms. The highest BCUT2D eigenvalue weighted by Gasteiger charge is 2.21. The lowest BCUT2D eigenvalue weighted by Gasteiger charge is -2.33. The normalized spacial score (nSPS) is 15.6. The van der Waals surface area contributed by atoms with E-state index >= 15 is 0 Å². The van der Waals surface area contributed by atoms with Crippen LogP contribution in [0, 0.1) is 5.82 Å². The Morgan fingerprint density at radius 1 is 1.29 bits per heavy atom. The van der Waals surface area contributed by atoms with Gasteiger partial charge in [-0.3, -0.25) is 9.69 Å². The lowest BCUT2D eigenvalue weighted by Crippen LogP contribution is -2.44. The number of carbonyl (C=O) groups is 1. The maximum atomic E-state index is 13.8. The lowest BCUT2D eigenvalue weighted by molar-refractivity contribution is 0.0928. The summed E-state index contributed by atoms with van der Waals surface area (Å²) < 4.78 is 14.5. The summed E-state index contributed by atoms with van der Waals surface area (Å²) in [5.74, 6) is -0.881. The number of nitrogens with one attached hydrogen (secondary N) is 1. The van der Waals surface area contributed by atoms with E-state index in [9.17, 15) is 9.18 Å². The van der Waals surface area contributed by atoms with E-state index in [0.29, 0.717) is 11.0 Å². The van der Waals surface area contributed by atoms with Crippen molar-refractivity contribution in [3.05, 3.63) is 69.4 Å². The van der Waals surface area contributed by atoms with Crippen LogP contribution in [0.5, 0.6) is 0 Å². The molecule has 0 spiro atoms. The zero-order chi connectivity index (χ0) is 17.1. The smallest absolute Gasteiger partial charge is 0.254 e. The first-order chi connectivity index (χ1) is 11.5. The Balaban J connectivity index is 1.59. The molecule has 1 aliphatic heterocycles. The molecule has 24 heavy (non-hydrogen) atoms. The largest absolute Gasteiger partial charge is 0.350 e. The van der Waals surface area contributed by atoms with Gasteiger partial charge in [0.2, 0.25) is 0 Å². The van der Waals surface area contributed by atoms with Crippen molar-refractivity contribution >= 4 is 21.8 Å². The van der Waals surface area contributed by atoms with E-state index < -0.39 is 5.82 Å². The van der Waals surface area contributed by atoms with E-state index in [1.807, 2.05) is 0 Å². The van der Waals surface area contributed by atoms with Crippen molar-refractivity contribution in [1.82, 2.24) is 10.2 Å². The Hall–Kier alpha value is -1.72. The molecule has 1 amide bonds. The van der Waals surface area contributed by atoms with E-state index in [2.05, 4.69) is 57.3 Å². The molecule has 5 heteroatoms. The molecule has 0 fully saturated rings. The number of hydrogen-bond acceptors (Lipinski definition) is 2. The van der Waals surface area contributed by atoms with Crippen LogP contribution in [0.25, 0.3) is 0 Å². The van der Waals surface area contributed by atoms with E-state index in [-0.39, 0.29) is 17.5 Å². The third kappa shape index (κ3) is 3.84. The molecule has 2 aromatic carbocycles. The molecule has 126 valence electrons. The number of hydrogen-bond donors (Lipinski definition) is 1. The van der Waals surface area contributed by atoms with Crippen LogP contribution in [0.1, 0.15) is 28.4 Å². The van der Waals surface area contributed by atoms with Gasteiger partial charge >= 0.3 is 0 Å². The molecule has 0 radical (unpaired) electrons. The number of benzene rings is 2. The average Bonchev–Trinajstić information content (AvgIpc) is 2.61. The minimum absolute atomic E-state index is 0.0700. The highest BCUT2D eigenvalue weighted by atomic mass is 79.9. The summed E-state index contributed by atoms with van der Waals surface area (Å²) in [6, 6.07) is 13.0. The number of nitrogens with zero attached hydrogens (tertiary/aromatic N) is 1. The van der Waals surface area contributed by atoms with E-state index in [4.69, 9.17) is 0 Å². The molecule has 1 heterocycles. The number of amides is 1. The third-order valence-electron chi connectivity index (χ3n) is 4.51. The summed E-state index contributed by atoms with van der Waals surface area (Å²) >= 11 is 3.27. The van der Waals surface area contributed by atoms with Gasteiger partial charge in [-0.2, -0.15) is 0 Å². The fraction of sp³-hybridized carbons (Fsp3) is 0.316. The van der Waals surface area contributed by atoms with Crippen molar-refractivity contribution in [2.24, 2.45) is 0 Å². The van der Waals surface area contributed by atoms with Crippen molar-refractivity contribution in [3.63, 3.8) is 0 Å².